The SMILES string of the molecule is Cn1cnc2ncn(Cc3nc(C4[C@H]5CN(c6ccc7ocnc7c6)C[C@@H]45)no3)c(=O)c21. The first-order chi connectivity index (χ1) is 15.7. The van der Waals surface area contributed by atoms with Crippen molar-refractivity contribution in [2.24, 2.45) is 18.9 Å². The van der Waals surface area contributed by atoms with Gasteiger partial charge in [0.15, 0.2) is 29.0 Å². The molecule has 1 aliphatic carbocycles. The fraction of sp³-hybridized carbons (Fsp3) is 0.333. The summed E-state index contributed by atoms with van der Waals surface area (Å²) < 4.78 is 13.9. The lowest BCUT2D eigenvalue weighted by atomic mass is 10.2. The number of anilines is 1. The Kier molecular flexibility index (Phi) is 3.45. The van der Waals surface area contributed by atoms with Gasteiger partial charge < -0.3 is 18.4 Å². The number of fused-ring (bicyclic) bond motifs is 3. The second-order valence-corrected chi connectivity index (χ2v) is 8.51. The number of benzene rings is 1. The molecule has 3 atom stereocenters. The number of imidazole rings is 1. The van der Waals surface area contributed by atoms with Gasteiger partial charge in [0.1, 0.15) is 18.4 Å². The molecule has 11 heteroatoms. The van der Waals surface area contributed by atoms with Crippen LogP contribution in [0, 0.1) is 11.8 Å². The molecular formula is C21H18N8O3. The van der Waals surface area contributed by atoms with Crippen LogP contribution in [0.3, 0.4) is 0 Å². The molecule has 1 unspecified atom stereocenters. The van der Waals surface area contributed by atoms with Crippen molar-refractivity contribution < 1.29 is 8.94 Å². The third-order valence-electron chi connectivity index (χ3n) is 6.66. The van der Waals surface area contributed by atoms with Crippen molar-refractivity contribution in [3.8, 4) is 0 Å². The van der Waals surface area contributed by atoms with Crippen LogP contribution >= 0.6 is 0 Å². The van der Waals surface area contributed by atoms with Gasteiger partial charge >= 0.3 is 0 Å². The Morgan fingerprint density at radius 3 is 2.84 bits per heavy atom. The fourth-order valence-corrected chi connectivity index (χ4v) is 4.96. The molecule has 4 aromatic heterocycles. The molecule has 1 aliphatic heterocycles. The number of oxazole rings is 1. The summed E-state index contributed by atoms with van der Waals surface area (Å²) in [6, 6.07) is 6.10. The average Bonchev–Trinajstić information content (AvgIpc) is 3.38. The van der Waals surface area contributed by atoms with Crippen LogP contribution < -0.4 is 10.5 Å². The lowest BCUT2D eigenvalue weighted by molar-refractivity contribution is 0.363. The van der Waals surface area contributed by atoms with E-state index in [-0.39, 0.29) is 12.1 Å². The van der Waals surface area contributed by atoms with Crippen molar-refractivity contribution in [2.75, 3.05) is 18.0 Å². The van der Waals surface area contributed by atoms with E-state index in [0.29, 0.717) is 34.8 Å². The number of nitrogens with zero attached hydrogens (tertiary/aromatic N) is 8. The molecule has 5 heterocycles. The molecule has 7 rings (SSSR count). The van der Waals surface area contributed by atoms with Gasteiger partial charge in [-0.05, 0) is 30.0 Å². The van der Waals surface area contributed by atoms with Crippen LogP contribution in [-0.4, -0.2) is 47.3 Å². The van der Waals surface area contributed by atoms with Gasteiger partial charge in [0.25, 0.3) is 5.56 Å². The maximum Gasteiger partial charge on any atom is 0.280 e. The average molecular weight is 430 g/mol. The molecule has 0 spiro atoms. The number of rotatable bonds is 4. The highest BCUT2D eigenvalue weighted by atomic mass is 16.5. The normalized spacial score (nSPS) is 22.2. The van der Waals surface area contributed by atoms with Crippen LogP contribution in [0.15, 0.2) is 51.0 Å². The zero-order valence-electron chi connectivity index (χ0n) is 17.1. The van der Waals surface area contributed by atoms with Crippen LogP contribution in [0.5, 0.6) is 0 Å². The highest BCUT2D eigenvalue weighted by Crippen LogP contribution is 2.58. The number of hydrogen-bond donors (Lipinski definition) is 0. The van der Waals surface area contributed by atoms with E-state index in [2.05, 4.69) is 42.1 Å². The number of hydrogen-bond acceptors (Lipinski definition) is 9. The molecule has 11 nitrogen and oxygen atoms in total. The van der Waals surface area contributed by atoms with Crippen molar-refractivity contribution in [1.82, 2.24) is 34.2 Å². The zero-order valence-corrected chi connectivity index (χ0v) is 17.1. The predicted molar refractivity (Wildman–Crippen MR) is 112 cm³/mol. The highest BCUT2D eigenvalue weighted by molar-refractivity contribution is 5.77. The van der Waals surface area contributed by atoms with Crippen molar-refractivity contribution in [2.45, 2.75) is 12.5 Å². The highest BCUT2D eigenvalue weighted by Gasteiger charge is 2.58. The van der Waals surface area contributed by atoms with Crippen LogP contribution in [0.1, 0.15) is 17.6 Å². The predicted octanol–water partition coefficient (Wildman–Crippen LogP) is 1.55. The molecule has 0 N–H and O–H groups in total. The summed E-state index contributed by atoms with van der Waals surface area (Å²) in [5.74, 6) is 2.44. The maximum absolute atomic E-state index is 12.7. The Labute approximate surface area is 180 Å². The van der Waals surface area contributed by atoms with Crippen molar-refractivity contribution in [3.05, 3.63) is 59.3 Å². The van der Waals surface area contributed by atoms with Gasteiger partial charge in [-0.15, -0.1) is 0 Å². The summed E-state index contributed by atoms with van der Waals surface area (Å²) >= 11 is 0. The van der Waals surface area contributed by atoms with E-state index < -0.39 is 0 Å². The summed E-state index contributed by atoms with van der Waals surface area (Å²) in [6.07, 6.45) is 4.52. The lowest BCUT2D eigenvalue weighted by Gasteiger charge is -2.21. The molecule has 5 aromatic rings. The number of piperidine rings is 1. The molecule has 1 saturated heterocycles. The first-order valence-corrected chi connectivity index (χ1v) is 10.4. The van der Waals surface area contributed by atoms with Crippen molar-refractivity contribution >= 4 is 28.0 Å². The van der Waals surface area contributed by atoms with E-state index >= 15 is 0 Å². The summed E-state index contributed by atoms with van der Waals surface area (Å²) in [6.45, 7) is 2.08. The van der Waals surface area contributed by atoms with Gasteiger partial charge in [-0.1, -0.05) is 5.16 Å². The van der Waals surface area contributed by atoms with Crippen LogP contribution in [0.2, 0.25) is 0 Å². The maximum atomic E-state index is 12.7. The molecule has 0 radical (unpaired) electrons. The van der Waals surface area contributed by atoms with Crippen molar-refractivity contribution in [1.29, 1.82) is 0 Å². The monoisotopic (exact) mass is 430 g/mol. The Morgan fingerprint density at radius 1 is 1.12 bits per heavy atom. The molecule has 0 bridgehead atoms. The minimum absolute atomic E-state index is 0.183. The summed E-state index contributed by atoms with van der Waals surface area (Å²) in [5.41, 5.74) is 3.52. The Hall–Kier alpha value is -4.02. The second kappa shape index (κ2) is 6.25. The molecule has 160 valence electrons. The molecular weight excluding hydrogens is 412 g/mol. The first kappa shape index (κ1) is 17.6. The second-order valence-electron chi connectivity index (χ2n) is 8.51. The smallest absolute Gasteiger partial charge is 0.280 e. The molecule has 0 amide bonds. The van der Waals surface area contributed by atoms with Crippen LogP contribution in [0.4, 0.5) is 5.69 Å². The van der Waals surface area contributed by atoms with Crippen LogP contribution in [0.25, 0.3) is 22.3 Å². The van der Waals surface area contributed by atoms with Gasteiger partial charge in [0.05, 0.1) is 6.33 Å². The third kappa shape index (κ3) is 2.53. The lowest BCUT2D eigenvalue weighted by Crippen LogP contribution is -2.23. The fourth-order valence-electron chi connectivity index (χ4n) is 4.96. The van der Waals surface area contributed by atoms with Gasteiger partial charge in [0.2, 0.25) is 5.89 Å². The first-order valence-electron chi connectivity index (χ1n) is 10.4. The van der Waals surface area contributed by atoms with Crippen LogP contribution in [-0.2, 0) is 13.6 Å². The van der Waals surface area contributed by atoms with E-state index in [9.17, 15) is 4.79 Å². The number of aryl methyl sites for hydroxylation is 1. The third-order valence-corrected chi connectivity index (χ3v) is 6.66. The van der Waals surface area contributed by atoms with E-state index in [0.717, 1.165) is 35.7 Å². The summed E-state index contributed by atoms with van der Waals surface area (Å²) in [4.78, 5) is 32.3. The number of aromatic nitrogens is 7. The molecule has 32 heavy (non-hydrogen) atoms. The molecule has 2 aliphatic rings. The van der Waals surface area contributed by atoms with E-state index in [1.165, 1.54) is 17.3 Å². The van der Waals surface area contributed by atoms with E-state index in [1.807, 2.05) is 6.07 Å². The van der Waals surface area contributed by atoms with Gasteiger partial charge in [-0.3, -0.25) is 9.36 Å². The van der Waals surface area contributed by atoms with Gasteiger partial charge in [-0.2, -0.15) is 4.98 Å². The van der Waals surface area contributed by atoms with Gasteiger partial charge in [-0.25, -0.2) is 15.0 Å². The van der Waals surface area contributed by atoms with Crippen molar-refractivity contribution in [3.63, 3.8) is 0 Å². The minimum atomic E-state index is -0.183. The molecule has 1 aromatic carbocycles. The minimum Gasteiger partial charge on any atom is -0.443 e. The van der Waals surface area contributed by atoms with E-state index in [1.54, 1.807) is 17.9 Å². The summed E-state index contributed by atoms with van der Waals surface area (Å²) in [7, 11) is 1.77. The van der Waals surface area contributed by atoms with E-state index in [4.69, 9.17) is 8.94 Å². The largest absolute Gasteiger partial charge is 0.443 e. The Bertz CT molecular complexity index is 1530. The standard InChI is InChI=1S/C21H18N8O3/c1-27-8-22-20-18(27)21(30)29(9-23-20)7-16-25-19(26-32-16)17-12-5-28(6-13(12)17)11-2-3-15-14(4-11)24-10-31-15/h2-4,8-10,12-13,17H,5-7H2,1H3/t12-,13+,17?. The quantitative estimate of drug-likeness (QED) is 0.418. The molecule has 1 saturated carbocycles. The van der Waals surface area contributed by atoms with Gasteiger partial charge in [0, 0.05) is 31.7 Å². The summed E-state index contributed by atoms with van der Waals surface area (Å²) in [5, 5.41) is 4.21. The zero-order chi connectivity index (χ0) is 21.4. The Morgan fingerprint density at radius 2 is 1.97 bits per heavy atom. The Balaban J connectivity index is 1.07. The topological polar surface area (TPSA) is 121 Å². The molecule has 2 fully saturated rings.